The number of hydrogen-bond donors (Lipinski definition) is 1. The monoisotopic (exact) mass is 247 g/mol. The SMILES string of the molecule is CNC(=O)c1cc(C)cc(S(=O)(=O)Cl)c1. The Hall–Kier alpha value is -1.07. The van der Waals surface area contributed by atoms with Crippen molar-refractivity contribution in [1.82, 2.24) is 5.32 Å². The van der Waals surface area contributed by atoms with E-state index >= 15 is 0 Å². The summed E-state index contributed by atoms with van der Waals surface area (Å²) in [5.41, 5.74) is 0.937. The lowest BCUT2D eigenvalue weighted by Gasteiger charge is -2.04. The molecule has 0 aromatic heterocycles. The summed E-state index contributed by atoms with van der Waals surface area (Å²) in [5, 5.41) is 2.41. The van der Waals surface area contributed by atoms with Crippen LogP contribution in [0.3, 0.4) is 0 Å². The number of carbonyl (C=O) groups is 1. The zero-order valence-corrected chi connectivity index (χ0v) is 9.82. The van der Waals surface area contributed by atoms with Crippen LogP contribution >= 0.6 is 10.7 Å². The Balaban J connectivity index is 3.35. The minimum absolute atomic E-state index is 0.0669. The van der Waals surface area contributed by atoms with E-state index in [0.717, 1.165) is 0 Å². The van der Waals surface area contributed by atoms with Gasteiger partial charge in [0.2, 0.25) is 0 Å². The number of benzene rings is 1. The molecular formula is C9H10ClNO3S. The molecule has 1 aromatic carbocycles. The van der Waals surface area contributed by atoms with Gasteiger partial charge in [0.1, 0.15) is 0 Å². The third-order valence-electron chi connectivity index (χ3n) is 1.82. The normalized spacial score (nSPS) is 11.1. The first-order valence-corrected chi connectivity index (χ1v) is 6.44. The Morgan fingerprint density at radius 1 is 1.33 bits per heavy atom. The van der Waals surface area contributed by atoms with E-state index in [2.05, 4.69) is 5.32 Å². The second kappa shape index (κ2) is 4.20. The molecule has 0 atom stereocenters. The Morgan fingerprint density at radius 2 is 1.93 bits per heavy atom. The summed E-state index contributed by atoms with van der Waals surface area (Å²) in [6.45, 7) is 1.69. The highest BCUT2D eigenvalue weighted by atomic mass is 35.7. The molecule has 1 N–H and O–H groups in total. The van der Waals surface area contributed by atoms with Gasteiger partial charge in [-0.1, -0.05) is 0 Å². The summed E-state index contributed by atoms with van der Waals surface area (Å²) in [4.78, 5) is 11.2. The zero-order valence-electron chi connectivity index (χ0n) is 8.24. The van der Waals surface area contributed by atoms with Crippen LogP contribution in [-0.4, -0.2) is 21.4 Å². The van der Waals surface area contributed by atoms with Crippen LogP contribution in [0.25, 0.3) is 0 Å². The molecule has 1 aromatic rings. The van der Waals surface area contributed by atoms with Crippen molar-refractivity contribution in [3.05, 3.63) is 29.3 Å². The van der Waals surface area contributed by atoms with Gasteiger partial charge in [0.15, 0.2) is 0 Å². The van der Waals surface area contributed by atoms with E-state index in [4.69, 9.17) is 10.7 Å². The van der Waals surface area contributed by atoms with Gasteiger partial charge >= 0.3 is 0 Å². The maximum atomic E-state index is 11.3. The minimum Gasteiger partial charge on any atom is -0.355 e. The molecule has 0 spiro atoms. The van der Waals surface area contributed by atoms with E-state index in [0.29, 0.717) is 5.56 Å². The second-order valence-electron chi connectivity index (χ2n) is 3.05. The summed E-state index contributed by atoms with van der Waals surface area (Å²) in [7, 11) is 2.87. The number of halogens is 1. The highest BCUT2D eigenvalue weighted by Crippen LogP contribution is 2.18. The van der Waals surface area contributed by atoms with Gasteiger partial charge in [-0.05, 0) is 30.7 Å². The molecule has 6 heteroatoms. The average molecular weight is 248 g/mol. The smallest absolute Gasteiger partial charge is 0.261 e. The summed E-state index contributed by atoms with van der Waals surface area (Å²) in [6.07, 6.45) is 0. The quantitative estimate of drug-likeness (QED) is 0.801. The maximum absolute atomic E-state index is 11.3. The Bertz CT molecular complexity index is 496. The molecule has 15 heavy (non-hydrogen) atoms. The van der Waals surface area contributed by atoms with Gasteiger partial charge in [-0.3, -0.25) is 4.79 Å². The van der Waals surface area contributed by atoms with Gasteiger partial charge in [-0.25, -0.2) is 8.42 Å². The Labute approximate surface area is 92.7 Å². The number of amides is 1. The summed E-state index contributed by atoms with van der Waals surface area (Å²) >= 11 is 0. The standard InChI is InChI=1S/C9H10ClNO3S/c1-6-3-7(9(12)11-2)5-8(4-6)15(10,13)14/h3-5H,1-2H3,(H,11,12). The molecule has 0 bridgehead atoms. The minimum atomic E-state index is -3.80. The fraction of sp³-hybridized carbons (Fsp3) is 0.222. The van der Waals surface area contributed by atoms with E-state index in [1.807, 2.05) is 0 Å². The van der Waals surface area contributed by atoms with Crippen LogP contribution in [-0.2, 0) is 9.05 Å². The van der Waals surface area contributed by atoms with Gasteiger partial charge < -0.3 is 5.32 Å². The van der Waals surface area contributed by atoms with Crippen molar-refractivity contribution in [3.8, 4) is 0 Å². The number of rotatable bonds is 2. The van der Waals surface area contributed by atoms with Gasteiger partial charge in [0.25, 0.3) is 15.0 Å². The first kappa shape index (κ1) is 12.0. The maximum Gasteiger partial charge on any atom is 0.261 e. The molecule has 0 aliphatic rings. The molecule has 82 valence electrons. The average Bonchev–Trinajstić information content (AvgIpc) is 2.14. The lowest BCUT2D eigenvalue weighted by molar-refractivity contribution is 0.0963. The molecule has 0 unspecified atom stereocenters. The summed E-state index contributed by atoms with van der Waals surface area (Å²) in [5.74, 6) is -0.347. The molecule has 0 saturated carbocycles. The highest BCUT2D eigenvalue weighted by molar-refractivity contribution is 8.13. The van der Waals surface area contributed by atoms with Crippen LogP contribution in [0.15, 0.2) is 23.1 Å². The number of nitrogens with one attached hydrogen (secondary N) is 1. The van der Waals surface area contributed by atoms with Crippen LogP contribution in [0.5, 0.6) is 0 Å². The molecule has 0 aliphatic carbocycles. The summed E-state index contributed by atoms with van der Waals surface area (Å²) in [6, 6.07) is 4.24. The predicted octanol–water partition coefficient (Wildman–Crippen LogP) is 1.28. The van der Waals surface area contributed by atoms with E-state index in [9.17, 15) is 13.2 Å². The number of aryl methyl sites for hydroxylation is 1. The molecule has 0 heterocycles. The fourth-order valence-electron chi connectivity index (χ4n) is 1.16. The number of carbonyl (C=O) groups excluding carboxylic acids is 1. The van der Waals surface area contributed by atoms with Crippen molar-refractivity contribution in [2.75, 3.05) is 7.05 Å². The first-order chi connectivity index (χ1) is 6.84. The van der Waals surface area contributed by atoms with Crippen molar-refractivity contribution in [2.45, 2.75) is 11.8 Å². The van der Waals surface area contributed by atoms with Crippen molar-refractivity contribution < 1.29 is 13.2 Å². The van der Waals surface area contributed by atoms with Crippen LogP contribution in [0.1, 0.15) is 15.9 Å². The van der Waals surface area contributed by atoms with Gasteiger partial charge in [-0.15, -0.1) is 0 Å². The highest BCUT2D eigenvalue weighted by Gasteiger charge is 2.13. The summed E-state index contributed by atoms with van der Waals surface area (Å²) < 4.78 is 22.2. The van der Waals surface area contributed by atoms with Crippen LogP contribution in [0, 0.1) is 6.92 Å². The van der Waals surface area contributed by atoms with Crippen LogP contribution in [0.2, 0.25) is 0 Å². The fourth-order valence-corrected chi connectivity index (χ4v) is 2.03. The third kappa shape index (κ3) is 2.94. The van der Waals surface area contributed by atoms with Crippen molar-refractivity contribution >= 4 is 25.6 Å². The first-order valence-electron chi connectivity index (χ1n) is 4.13. The lowest BCUT2D eigenvalue weighted by Crippen LogP contribution is -2.18. The van der Waals surface area contributed by atoms with Crippen molar-refractivity contribution in [2.24, 2.45) is 0 Å². The van der Waals surface area contributed by atoms with E-state index < -0.39 is 9.05 Å². The van der Waals surface area contributed by atoms with Gasteiger partial charge in [0.05, 0.1) is 4.90 Å². The Kier molecular flexibility index (Phi) is 3.36. The molecule has 1 rings (SSSR count). The van der Waals surface area contributed by atoms with Crippen molar-refractivity contribution in [1.29, 1.82) is 0 Å². The molecule has 0 fully saturated rings. The molecule has 0 saturated heterocycles. The van der Waals surface area contributed by atoms with Gasteiger partial charge in [0, 0.05) is 23.3 Å². The molecule has 1 amide bonds. The van der Waals surface area contributed by atoms with E-state index in [1.165, 1.54) is 19.2 Å². The second-order valence-corrected chi connectivity index (χ2v) is 5.62. The van der Waals surface area contributed by atoms with Crippen molar-refractivity contribution in [3.63, 3.8) is 0 Å². The van der Waals surface area contributed by atoms with Crippen LogP contribution in [0.4, 0.5) is 0 Å². The topological polar surface area (TPSA) is 63.2 Å². The molecule has 0 radical (unpaired) electrons. The molecule has 0 aliphatic heterocycles. The Morgan fingerprint density at radius 3 is 2.40 bits per heavy atom. The largest absolute Gasteiger partial charge is 0.355 e. The van der Waals surface area contributed by atoms with E-state index in [1.54, 1.807) is 13.0 Å². The molecule has 4 nitrogen and oxygen atoms in total. The number of hydrogen-bond acceptors (Lipinski definition) is 3. The molecular weight excluding hydrogens is 238 g/mol. The van der Waals surface area contributed by atoms with Gasteiger partial charge in [-0.2, -0.15) is 0 Å². The van der Waals surface area contributed by atoms with E-state index in [-0.39, 0.29) is 16.4 Å². The van der Waals surface area contributed by atoms with Crippen LogP contribution < -0.4 is 5.32 Å². The third-order valence-corrected chi connectivity index (χ3v) is 3.15. The predicted molar refractivity (Wildman–Crippen MR) is 57.6 cm³/mol. The zero-order chi connectivity index (χ0) is 11.6. The lowest BCUT2D eigenvalue weighted by atomic mass is 10.1.